The van der Waals surface area contributed by atoms with Crippen LogP contribution in [0.4, 0.5) is 0 Å². The highest BCUT2D eigenvalue weighted by Crippen LogP contribution is 2.15. The van der Waals surface area contributed by atoms with Crippen molar-refractivity contribution in [1.82, 2.24) is 15.5 Å². The van der Waals surface area contributed by atoms with Gasteiger partial charge in [0.25, 0.3) is 0 Å². The van der Waals surface area contributed by atoms with Crippen molar-refractivity contribution < 1.29 is 9.53 Å². The topological polar surface area (TPSA) is 53.6 Å². The Morgan fingerprint density at radius 2 is 2.32 bits per heavy atom. The van der Waals surface area contributed by atoms with E-state index in [1.54, 1.807) is 7.11 Å². The zero-order chi connectivity index (χ0) is 13.5. The number of carbonyl (C=O) groups is 1. The molecule has 2 aliphatic heterocycles. The number of likely N-dealkylation sites (tertiary alicyclic amines) is 1. The summed E-state index contributed by atoms with van der Waals surface area (Å²) in [5.41, 5.74) is 0. The molecule has 2 saturated heterocycles. The second kappa shape index (κ2) is 7.82. The third-order valence-corrected chi connectivity index (χ3v) is 4.16. The van der Waals surface area contributed by atoms with Crippen LogP contribution in [-0.4, -0.2) is 63.3 Å². The standard InChI is InChI=1S/C14H27N3O2/c1-19-9-8-17-7-3-4-12(11-17)10-16-14(18)13-5-2-6-15-13/h12-13,15H,2-11H2,1H3,(H,16,18). The Morgan fingerprint density at radius 1 is 1.42 bits per heavy atom. The molecule has 0 aliphatic carbocycles. The third-order valence-electron chi connectivity index (χ3n) is 4.16. The molecule has 2 atom stereocenters. The highest BCUT2D eigenvalue weighted by molar-refractivity contribution is 5.81. The van der Waals surface area contributed by atoms with E-state index in [0.29, 0.717) is 5.92 Å². The fourth-order valence-electron chi connectivity index (χ4n) is 3.02. The second-order valence-corrected chi connectivity index (χ2v) is 5.70. The summed E-state index contributed by atoms with van der Waals surface area (Å²) >= 11 is 0. The van der Waals surface area contributed by atoms with Crippen molar-refractivity contribution in [2.45, 2.75) is 31.7 Å². The summed E-state index contributed by atoms with van der Waals surface area (Å²) in [5.74, 6) is 0.780. The minimum atomic E-state index is 0.0492. The average molecular weight is 269 g/mol. The van der Waals surface area contributed by atoms with Crippen LogP contribution in [-0.2, 0) is 9.53 Å². The molecule has 0 bridgehead atoms. The summed E-state index contributed by atoms with van der Waals surface area (Å²) in [6.07, 6.45) is 4.55. The summed E-state index contributed by atoms with van der Waals surface area (Å²) in [6, 6.07) is 0.0492. The summed E-state index contributed by atoms with van der Waals surface area (Å²) in [4.78, 5) is 14.4. The van der Waals surface area contributed by atoms with Crippen molar-refractivity contribution in [2.75, 3.05) is 46.4 Å². The molecule has 5 nitrogen and oxygen atoms in total. The number of hydrogen-bond donors (Lipinski definition) is 2. The summed E-state index contributed by atoms with van der Waals surface area (Å²) < 4.78 is 5.13. The highest BCUT2D eigenvalue weighted by atomic mass is 16.5. The van der Waals surface area contributed by atoms with E-state index in [2.05, 4.69) is 15.5 Å². The van der Waals surface area contributed by atoms with Crippen LogP contribution in [0.15, 0.2) is 0 Å². The largest absolute Gasteiger partial charge is 0.383 e. The van der Waals surface area contributed by atoms with E-state index in [0.717, 1.165) is 52.2 Å². The molecule has 0 aromatic rings. The fraction of sp³-hybridized carbons (Fsp3) is 0.929. The maximum absolute atomic E-state index is 11.9. The number of rotatable bonds is 6. The Kier molecular flexibility index (Phi) is 6.07. The first kappa shape index (κ1) is 14.8. The minimum absolute atomic E-state index is 0.0492. The van der Waals surface area contributed by atoms with Crippen LogP contribution >= 0.6 is 0 Å². The van der Waals surface area contributed by atoms with E-state index < -0.39 is 0 Å². The SMILES string of the molecule is COCCN1CCCC(CNC(=O)C2CCCN2)C1. The lowest BCUT2D eigenvalue weighted by Crippen LogP contribution is -2.46. The van der Waals surface area contributed by atoms with Crippen LogP contribution in [0.3, 0.4) is 0 Å². The van der Waals surface area contributed by atoms with E-state index in [-0.39, 0.29) is 11.9 Å². The molecule has 1 amide bonds. The molecule has 0 aromatic carbocycles. The van der Waals surface area contributed by atoms with Crippen LogP contribution in [0.1, 0.15) is 25.7 Å². The molecule has 0 spiro atoms. The molecule has 2 fully saturated rings. The summed E-state index contributed by atoms with van der Waals surface area (Å²) in [5, 5.41) is 6.35. The van der Waals surface area contributed by atoms with Crippen LogP contribution in [0.5, 0.6) is 0 Å². The molecule has 110 valence electrons. The number of carbonyl (C=O) groups excluding carboxylic acids is 1. The lowest BCUT2D eigenvalue weighted by molar-refractivity contribution is -0.123. The number of hydrogen-bond acceptors (Lipinski definition) is 4. The molecule has 0 aromatic heterocycles. The molecule has 2 rings (SSSR count). The lowest BCUT2D eigenvalue weighted by Gasteiger charge is -2.32. The van der Waals surface area contributed by atoms with Crippen molar-refractivity contribution in [3.05, 3.63) is 0 Å². The Bertz CT molecular complexity index is 280. The van der Waals surface area contributed by atoms with Gasteiger partial charge in [0.1, 0.15) is 0 Å². The molecule has 2 unspecified atom stereocenters. The predicted octanol–water partition coefficient (Wildman–Crippen LogP) is 0.213. The van der Waals surface area contributed by atoms with Gasteiger partial charge in [0.15, 0.2) is 0 Å². The minimum Gasteiger partial charge on any atom is -0.383 e. The quantitative estimate of drug-likeness (QED) is 0.724. The number of methoxy groups -OCH3 is 1. The van der Waals surface area contributed by atoms with Crippen molar-refractivity contribution >= 4 is 5.91 Å². The molecule has 2 N–H and O–H groups in total. The third kappa shape index (κ3) is 4.75. The smallest absolute Gasteiger partial charge is 0.237 e. The van der Waals surface area contributed by atoms with E-state index in [1.165, 1.54) is 12.8 Å². The molecular formula is C14H27N3O2. The molecule has 2 aliphatic rings. The van der Waals surface area contributed by atoms with Gasteiger partial charge >= 0.3 is 0 Å². The first-order valence-electron chi connectivity index (χ1n) is 7.52. The Hall–Kier alpha value is -0.650. The second-order valence-electron chi connectivity index (χ2n) is 5.70. The van der Waals surface area contributed by atoms with E-state index in [4.69, 9.17) is 4.74 Å². The lowest BCUT2D eigenvalue weighted by atomic mass is 9.98. The number of nitrogens with one attached hydrogen (secondary N) is 2. The van der Waals surface area contributed by atoms with Crippen LogP contribution < -0.4 is 10.6 Å². The van der Waals surface area contributed by atoms with Crippen LogP contribution in [0.2, 0.25) is 0 Å². The number of nitrogens with zero attached hydrogens (tertiary/aromatic N) is 1. The molecular weight excluding hydrogens is 242 g/mol. The molecule has 0 radical (unpaired) electrons. The molecule has 5 heteroatoms. The maximum atomic E-state index is 11.9. The maximum Gasteiger partial charge on any atom is 0.237 e. The Balaban J connectivity index is 1.65. The van der Waals surface area contributed by atoms with Gasteiger partial charge in [-0.05, 0) is 44.7 Å². The van der Waals surface area contributed by atoms with Gasteiger partial charge in [-0.2, -0.15) is 0 Å². The van der Waals surface area contributed by atoms with Crippen LogP contribution in [0.25, 0.3) is 0 Å². The van der Waals surface area contributed by atoms with Crippen LogP contribution in [0, 0.1) is 5.92 Å². The first-order valence-corrected chi connectivity index (χ1v) is 7.52. The van der Waals surface area contributed by atoms with Gasteiger partial charge in [0, 0.05) is 26.7 Å². The Labute approximate surface area is 116 Å². The van der Waals surface area contributed by atoms with Gasteiger partial charge in [-0.3, -0.25) is 4.79 Å². The van der Waals surface area contributed by atoms with E-state index in [9.17, 15) is 4.79 Å². The molecule has 2 heterocycles. The summed E-state index contributed by atoms with van der Waals surface area (Å²) in [7, 11) is 1.75. The van der Waals surface area contributed by atoms with Crippen molar-refractivity contribution in [1.29, 1.82) is 0 Å². The number of amides is 1. The average Bonchev–Trinajstić information content (AvgIpc) is 2.97. The zero-order valence-electron chi connectivity index (χ0n) is 12.0. The van der Waals surface area contributed by atoms with E-state index >= 15 is 0 Å². The predicted molar refractivity (Wildman–Crippen MR) is 75.1 cm³/mol. The highest BCUT2D eigenvalue weighted by Gasteiger charge is 2.24. The molecule has 19 heavy (non-hydrogen) atoms. The number of piperidine rings is 1. The normalized spacial score (nSPS) is 28.5. The number of ether oxygens (including phenoxy) is 1. The van der Waals surface area contributed by atoms with Gasteiger partial charge in [-0.15, -0.1) is 0 Å². The van der Waals surface area contributed by atoms with Gasteiger partial charge < -0.3 is 20.3 Å². The van der Waals surface area contributed by atoms with Gasteiger partial charge in [0.2, 0.25) is 5.91 Å². The molecule has 0 saturated carbocycles. The van der Waals surface area contributed by atoms with E-state index in [1.807, 2.05) is 0 Å². The monoisotopic (exact) mass is 269 g/mol. The first-order chi connectivity index (χ1) is 9.29. The summed E-state index contributed by atoms with van der Waals surface area (Å²) in [6.45, 7) is 5.85. The van der Waals surface area contributed by atoms with Gasteiger partial charge in [-0.25, -0.2) is 0 Å². The van der Waals surface area contributed by atoms with Crippen molar-refractivity contribution in [3.63, 3.8) is 0 Å². The Morgan fingerprint density at radius 3 is 3.05 bits per heavy atom. The fourth-order valence-corrected chi connectivity index (χ4v) is 3.02. The van der Waals surface area contributed by atoms with Gasteiger partial charge in [0.05, 0.1) is 12.6 Å². The van der Waals surface area contributed by atoms with Crippen molar-refractivity contribution in [2.24, 2.45) is 5.92 Å². The van der Waals surface area contributed by atoms with Crippen molar-refractivity contribution in [3.8, 4) is 0 Å². The zero-order valence-corrected chi connectivity index (χ0v) is 12.0. The van der Waals surface area contributed by atoms with Gasteiger partial charge in [-0.1, -0.05) is 0 Å².